The number of amides is 1. The minimum atomic E-state index is -2.47. The Balaban J connectivity index is 1.39. The maximum absolute atomic E-state index is 13.0. The smallest absolute Gasteiger partial charge is 0.288 e. The fourth-order valence-corrected chi connectivity index (χ4v) is 3.54. The number of alkyl halides is 2. The van der Waals surface area contributed by atoms with Gasteiger partial charge in [0.15, 0.2) is 0 Å². The quantitative estimate of drug-likeness (QED) is 0.427. The number of aromatic amines is 1. The van der Waals surface area contributed by atoms with Crippen LogP contribution in [-0.2, 0) is 11.2 Å². The van der Waals surface area contributed by atoms with E-state index in [1.807, 2.05) is 18.0 Å². The van der Waals surface area contributed by atoms with Crippen LogP contribution in [0.4, 0.5) is 18.9 Å². The molecule has 0 bridgehead atoms. The molecule has 0 aliphatic carbocycles. The number of aromatic nitrogens is 2. The van der Waals surface area contributed by atoms with Gasteiger partial charge in [0.25, 0.3) is 5.76 Å². The van der Waals surface area contributed by atoms with Gasteiger partial charge in [-0.3, -0.25) is 14.8 Å². The molecule has 0 aliphatic heterocycles. The number of anilines is 1. The summed E-state index contributed by atoms with van der Waals surface area (Å²) in [6.45, 7) is 0.930. The van der Waals surface area contributed by atoms with E-state index in [1.165, 1.54) is 12.1 Å². The Morgan fingerprint density at radius 3 is 2.55 bits per heavy atom. The van der Waals surface area contributed by atoms with Crippen LogP contribution in [0.15, 0.2) is 59.5 Å². The molecule has 0 atom stereocenters. The summed E-state index contributed by atoms with van der Waals surface area (Å²) in [6.07, 6.45) is 1.60. The monoisotopic (exact) mass is 448 g/mol. The summed E-state index contributed by atoms with van der Waals surface area (Å²) in [5, 5.41) is 10.0. The summed E-state index contributed by atoms with van der Waals surface area (Å²) in [7, 11) is 1.86. The summed E-state index contributed by atoms with van der Waals surface area (Å²) in [5.74, 6) is -2.92. The molecular formula is C22H23F3N4OS. The van der Waals surface area contributed by atoms with E-state index in [9.17, 15) is 18.0 Å². The Morgan fingerprint density at radius 2 is 1.87 bits per heavy atom. The van der Waals surface area contributed by atoms with Crippen molar-refractivity contribution in [3.8, 4) is 11.3 Å². The number of rotatable bonds is 10. The lowest BCUT2D eigenvalue weighted by Crippen LogP contribution is -2.31. The predicted molar refractivity (Wildman–Crippen MR) is 117 cm³/mol. The number of carbonyl (C=O) groups excluding carboxylic acids is 1. The zero-order valence-corrected chi connectivity index (χ0v) is 17.8. The highest BCUT2D eigenvalue weighted by molar-refractivity contribution is 7.99. The van der Waals surface area contributed by atoms with E-state index in [4.69, 9.17) is 0 Å². The maximum Gasteiger partial charge on any atom is 0.288 e. The lowest BCUT2D eigenvalue weighted by molar-refractivity contribution is -0.117. The molecule has 0 aliphatic rings. The number of likely N-dealkylation sites (N-methyl/N-ethyl adjacent to an activating group) is 1. The topological polar surface area (TPSA) is 61.0 Å². The van der Waals surface area contributed by atoms with Crippen LogP contribution in [0.2, 0.25) is 0 Å². The van der Waals surface area contributed by atoms with Gasteiger partial charge in [-0.15, -0.1) is 0 Å². The Bertz CT molecular complexity index is 977. The van der Waals surface area contributed by atoms with Crippen molar-refractivity contribution in [3.63, 3.8) is 0 Å². The first-order valence-corrected chi connectivity index (χ1v) is 10.6. The second-order valence-corrected chi connectivity index (χ2v) is 8.14. The van der Waals surface area contributed by atoms with E-state index in [0.29, 0.717) is 28.9 Å². The fraction of sp³-hybridized carbons (Fsp3) is 0.273. The molecule has 0 saturated heterocycles. The third-order valence-corrected chi connectivity index (χ3v) is 5.26. The molecule has 0 spiro atoms. The number of thioether (sulfide) groups is 1. The van der Waals surface area contributed by atoms with Crippen molar-refractivity contribution in [1.82, 2.24) is 15.1 Å². The van der Waals surface area contributed by atoms with Crippen LogP contribution in [0.3, 0.4) is 0 Å². The second kappa shape index (κ2) is 11.0. The van der Waals surface area contributed by atoms with Gasteiger partial charge in [0.05, 0.1) is 12.2 Å². The molecule has 5 nitrogen and oxygen atoms in total. The minimum Gasteiger partial charge on any atom is -0.325 e. The van der Waals surface area contributed by atoms with Crippen molar-refractivity contribution in [3.05, 3.63) is 66.1 Å². The van der Waals surface area contributed by atoms with E-state index < -0.39 is 5.76 Å². The van der Waals surface area contributed by atoms with Crippen molar-refractivity contribution < 1.29 is 18.0 Å². The molecule has 3 aromatic rings. The lowest BCUT2D eigenvalue weighted by Gasteiger charge is -2.16. The molecule has 1 aromatic heterocycles. The molecule has 0 fully saturated rings. The summed E-state index contributed by atoms with van der Waals surface area (Å²) >= 11 is 0.468. The molecule has 9 heteroatoms. The minimum absolute atomic E-state index is 0.170. The summed E-state index contributed by atoms with van der Waals surface area (Å²) in [5.41, 5.74) is 3.15. The summed E-state index contributed by atoms with van der Waals surface area (Å²) < 4.78 is 37.7. The number of hydrogen-bond donors (Lipinski definition) is 2. The maximum atomic E-state index is 13.0. The van der Waals surface area contributed by atoms with Crippen molar-refractivity contribution >= 4 is 23.4 Å². The molecule has 164 valence electrons. The number of benzene rings is 2. The third kappa shape index (κ3) is 7.45. The van der Waals surface area contributed by atoms with Gasteiger partial charge >= 0.3 is 0 Å². The van der Waals surface area contributed by atoms with Crippen LogP contribution >= 0.6 is 11.8 Å². The van der Waals surface area contributed by atoms with Gasteiger partial charge in [0.2, 0.25) is 5.91 Å². The predicted octanol–water partition coefficient (Wildman–Crippen LogP) is 5.03. The fourth-order valence-electron chi connectivity index (χ4n) is 3.04. The van der Waals surface area contributed by atoms with Crippen LogP contribution in [0, 0.1) is 5.82 Å². The SMILES string of the molecule is CN(CCCc1cc(-c2ccc(F)cc2)n[nH]1)CC(=O)Nc1ccc(SC(F)F)cc1. The number of halogens is 3. The molecule has 0 radical (unpaired) electrons. The first-order valence-electron chi connectivity index (χ1n) is 9.72. The first-order chi connectivity index (χ1) is 14.9. The van der Waals surface area contributed by atoms with Crippen LogP contribution in [0.5, 0.6) is 0 Å². The number of aryl methyl sites for hydroxylation is 1. The first kappa shape index (κ1) is 22.9. The van der Waals surface area contributed by atoms with Gasteiger partial charge in [-0.1, -0.05) is 11.8 Å². The highest BCUT2D eigenvalue weighted by Crippen LogP contribution is 2.26. The number of nitrogens with one attached hydrogen (secondary N) is 2. The van der Waals surface area contributed by atoms with Crippen LogP contribution < -0.4 is 5.32 Å². The molecule has 1 heterocycles. The van der Waals surface area contributed by atoms with E-state index in [1.54, 1.807) is 36.4 Å². The van der Waals surface area contributed by atoms with Crippen LogP contribution in [0.1, 0.15) is 12.1 Å². The van der Waals surface area contributed by atoms with Crippen molar-refractivity contribution in [2.24, 2.45) is 0 Å². The third-order valence-electron chi connectivity index (χ3n) is 4.53. The number of hydrogen-bond acceptors (Lipinski definition) is 4. The van der Waals surface area contributed by atoms with Crippen molar-refractivity contribution in [1.29, 1.82) is 0 Å². The Hall–Kier alpha value is -2.78. The number of H-pyrrole nitrogens is 1. The Labute approximate surface area is 183 Å². The Kier molecular flexibility index (Phi) is 8.13. The molecule has 0 saturated carbocycles. The summed E-state index contributed by atoms with van der Waals surface area (Å²) in [6, 6.07) is 14.5. The van der Waals surface area contributed by atoms with Gasteiger partial charge in [0.1, 0.15) is 5.82 Å². The zero-order chi connectivity index (χ0) is 22.2. The van der Waals surface area contributed by atoms with Gasteiger partial charge in [0, 0.05) is 21.8 Å². The van der Waals surface area contributed by atoms with Gasteiger partial charge in [-0.25, -0.2) is 4.39 Å². The molecule has 2 aromatic carbocycles. The molecule has 3 rings (SSSR count). The average molecular weight is 449 g/mol. The van der Waals surface area contributed by atoms with E-state index in [-0.39, 0.29) is 18.3 Å². The average Bonchev–Trinajstić information content (AvgIpc) is 3.18. The van der Waals surface area contributed by atoms with E-state index in [0.717, 1.165) is 29.8 Å². The lowest BCUT2D eigenvalue weighted by atomic mass is 10.1. The van der Waals surface area contributed by atoms with E-state index in [2.05, 4.69) is 15.5 Å². The second-order valence-electron chi connectivity index (χ2n) is 7.08. The van der Waals surface area contributed by atoms with Crippen LogP contribution in [0.25, 0.3) is 11.3 Å². The van der Waals surface area contributed by atoms with Gasteiger partial charge in [-0.2, -0.15) is 13.9 Å². The summed E-state index contributed by atoms with van der Waals surface area (Å²) in [4.78, 5) is 14.5. The number of carbonyl (C=O) groups is 1. The molecular weight excluding hydrogens is 425 g/mol. The normalized spacial score (nSPS) is 11.3. The molecule has 0 unspecified atom stereocenters. The molecule has 31 heavy (non-hydrogen) atoms. The highest BCUT2D eigenvalue weighted by Gasteiger charge is 2.09. The van der Waals surface area contributed by atoms with Crippen molar-refractivity contribution in [2.45, 2.75) is 23.5 Å². The number of nitrogens with zero attached hydrogens (tertiary/aromatic N) is 2. The molecule has 2 N–H and O–H groups in total. The van der Waals surface area contributed by atoms with Crippen LogP contribution in [-0.4, -0.2) is 46.9 Å². The van der Waals surface area contributed by atoms with Crippen molar-refractivity contribution in [2.75, 3.05) is 25.5 Å². The van der Waals surface area contributed by atoms with E-state index >= 15 is 0 Å². The molecule has 1 amide bonds. The largest absolute Gasteiger partial charge is 0.325 e. The zero-order valence-electron chi connectivity index (χ0n) is 16.9. The highest BCUT2D eigenvalue weighted by atomic mass is 32.2. The standard InChI is InChI=1S/C22H23F3N4OS/c1-29(14-21(30)26-17-8-10-19(11-9-17)31-22(24)25)12-2-3-18-13-20(28-27-18)15-4-6-16(23)7-5-15/h4-11,13,22H,2-3,12,14H2,1H3,(H,26,30)(H,27,28). The Morgan fingerprint density at radius 1 is 1.16 bits per heavy atom. The van der Waals surface area contributed by atoms with Gasteiger partial charge < -0.3 is 5.32 Å². The van der Waals surface area contributed by atoms with Gasteiger partial charge in [-0.05, 0) is 81.0 Å².